The Morgan fingerprint density at radius 3 is 2.10 bits per heavy atom. The average Bonchev–Trinajstić information content (AvgIpc) is 3.01. The Bertz CT molecular complexity index is 2140. The van der Waals surface area contributed by atoms with Crippen molar-refractivity contribution >= 4 is 41.1 Å². The fraction of sp³-hybridized carbons (Fsp3) is 0.242. The molecule has 1 aromatic heterocycles. The average molecular weight is 692 g/mol. The van der Waals surface area contributed by atoms with E-state index in [1.54, 1.807) is 27.7 Å². The highest BCUT2D eigenvalue weighted by Gasteiger charge is 2.24. The predicted octanol–water partition coefficient (Wildman–Crippen LogP) is 2.49. The molecular formula is C33H32BF2N5O7S. The quantitative estimate of drug-likeness (QED) is 0.215. The van der Waals surface area contributed by atoms with E-state index >= 15 is 8.78 Å². The highest BCUT2D eigenvalue weighted by Crippen LogP contribution is 2.24. The number of anilines is 1. The van der Waals surface area contributed by atoms with Crippen molar-refractivity contribution in [3.8, 4) is 5.69 Å². The third-order valence-electron chi connectivity index (χ3n) is 7.16. The minimum absolute atomic E-state index is 0.180. The molecule has 49 heavy (non-hydrogen) atoms. The van der Waals surface area contributed by atoms with Gasteiger partial charge in [-0.05, 0) is 82.1 Å². The van der Waals surface area contributed by atoms with Gasteiger partial charge in [-0.25, -0.2) is 26.6 Å². The standard InChI is InChI=1S/C33H32BF2N5O7S/c1-18-17-40(5)32(46)41(31(18)45)21-10-6-19(7-11-21)14-27(28(34)42)37-30(44)23-15-25(36)26(16-24(23)35)39-49(47,48)22-12-8-20(9-13-22)29(43)38-33(2,3)4/h6-13,15-17,27,39H,14H2,1-5H3,(H,37,44)(H,38,43)/t27-/m0/s1. The van der Waals surface area contributed by atoms with Crippen LogP contribution in [0.2, 0.25) is 0 Å². The molecule has 2 amide bonds. The molecule has 0 unspecified atom stereocenters. The monoisotopic (exact) mass is 691 g/mol. The number of nitrogens with one attached hydrogen (secondary N) is 3. The summed E-state index contributed by atoms with van der Waals surface area (Å²) in [4.78, 5) is 62.2. The van der Waals surface area contributed by atoms with Gasteiger partial charge in [-0.2, -0.15) is 0 Å². The molecule has 0 saturated carbocycles. The molecule has 0 aliphatic carbocycles. The third-order valence-corrected chi connectivity index (χ3v) is 8.55. The van der Waals surface area contributed by atoms with Crippen molar-refractivity contribution in [3.63, 3.8) is 0 Å². The molecule has 0 aliphatic heterocycles. The van der Waals surface area contributed by atoms with Gasteiger partial charge < -0.3 is 20.0 Å². The zero-order chi connectivity index (χ0) is 36.4. The zero-order valence-electron chi connectivity index (χ0n) is 27.1. The van der Waals surface area contributed by atoms with Crippen LogP contribution >= 0.6 is 0 Å². The number of halogens is 2. The zero-order valence-corrected chi connectivity index (χ0v) is 27.9. The number of hydrogen-bond donors (Lipinski definition) is 3. The maximum atomic E-state index is 15.1. The fourth-order valence-corrected chi connectivity index (χ4v) is 5.78. The maximum absolute atomic E-state index is 15.1. The van der Waals surface area contributed by atoms with Crippen molar-refractivity contribution in [2.45, 2.75) is 50.6 Å². The van der Waals surface area contributed by atoms with E-state index in [4.69, 9.17) is 7.85 Å². The number of aryl methyl sites for hydroxylation is 2. The van der Waals surface area contributed by atoms with E-state index in [-0.39, 0.29) is 22.6 Å². The fourth-order valence-electron chi connectivity index (χ4n) is 4.73. The minimum atomic E-state index is -4.45. The topological polar surface area (TPSA) is 165 Å². The Balaban J connectivity index is 1.48. The maximum Gasteiger partial charge on any atom is 0.335 e. The van der Waals surface area contributed by atoms with Crippen LogP contribution in [-0.2, 0) is 28.3 Å². The first-order chi connectivity index (χ1) is 22.8. The van der Waals surface area contributed by atoms with E-state index in [9.17, 15) is 32.4 Å². The van der Waals surface area contributed by atoms with Crippen LogP contribution in [0, 0.1) is 18.6 Å². The molecule has 0 aliphatic rings. The number of carbonyl (C=O) groups excluding carboxylic acids is 3. The first-order valence-electron chi connectivity index (χ1n) is 14.7. The Labute approximate surface area is 281 Å². The summed E-state index contributed by atoms with van der Waals surface area (Å²) in [5.74, 6) is -4.24. The van der Waals surface area contributed by atoms with E-state index in [1.165, 1.54) is 54.2 Å². The molecular weight excluding hydrogens is 659 g/mol. The van der Waals surface area contributed by atoms with Gasteiger partial charge in [0.2, 0.25) is 0 Å². The Kier molecular flexibility index (Phi) is 10.4. The molecule has 0 bridgehead atoms. The van der Waals surface area contributed by atoms with Crippen molar-refractivity contribution in [2.24, 2.45) is 7.05 Å². The number of sulfonamides is 1. The first kappa shape index (κ1) is 36.5. The minimum Gasteiger partial charge on any atom is -0.347 e. The molecule has 4 rings (SSSR count). The Morgan fingerprint density at radius 2 is 1.53 bits per heavy atom. The van der Waals surface area contributed by atoms with Crippen molar-refractivity contribution < 1.29 is 31.6 Å². The molecule has 1 heterocycles. The van der Waals surface area contributed by atoms with Crippen molar-refractivity contribution in [2.75, 3.05) is 4.72 Å². The molecule has 4 aromatic rings. The SMILES string of the molecule is [B]C(=O)[C@H](Cc1ccc(-n2c(=O)c(C)cn(C)c2=O)cc1)NC(=O)c1cc(F)c(NS(=O)(=O)c2ccc(C(=O)NC(C)(C)C)cc2)cc1F. The predicted molar refractivity (Wildman–Crippen MR) is 179 cm³/mol. The van der Waals surface area contributed by atoms with E-state index in [2.05, 4.69) is 10.6 Å². The van der Waals surface area contributed by atoms with Gasteiger partial charge in [-0.1, -0.05) is 12.1 Å². The van der Waals surface area contributed by atoms with E-state index in [0.717, 1.165) is 16.7 Å². The van der Waals surface area contributed by atoms with Crippen LogP contribution < -0.4 is 26.6 Å². The van der Waals surface area contributed by atoms with E-state index in [0.29, 0.717) is 23.3 Å². The lowest BCUT2D eigenvalue weighted by Crippen LogP contribution is -2.43. The highest BCUT2D eigenvalue weighted by molar-refractivity contribution is 7.92. The lowest BCUT2D eigenvalue weighted by atomic mass is 9.90. The summed E-state index contributed by atoms with van der Waals surface area (Å²) < 4.78 is 60.0. The van der Waals surface area contributed by atoms with Crippen LogP contribution in [-0.4, -0.2) is 54.5 Å². The van der Waals surface area contributed by atoms with Crippen molar-refractivity contribution in [1.29, 1.82) is 0 Å². The summed E-state index contributed by atoms with van der Waals surface area (Å²) in [7, 11) is 2.52. The van der Waals surface area contributed by atoms with Gasteiger partial charge in [-0.15, -0.1) is 0 Å². The molecule has 1 atom stereocenters. The number of aromatic nitrogens is 2. The molecule has 16 heteroatoms. The molecule has 0 saturated heterocycles. The number of amides is 2. The summed E-state index contributed by atoms with van der Waals surface area (Å²) in [6.07, 6.45) is 1.23. The van der Waals surface area contributed by atoms with Gasteiger partial charge in [0.25, 0.3) is 27.4 Å². The van der Waals surface area contributed by atoms with Crippen LogP contribution in [0.15, 0.2) is 81.3 Å². The van der Waals surface area contributed by atoms with Gasteiger partial charge in [0.1, 0.15) is 11.6 Å². The Morgan fingerprint density at radius 1 is 0.918 bits per heavy atom. The molecule has 0 spiro atoms. The van der Waals surface area contributed by atoms with Gasteiger partial charge in [0.05, 0.1) is 33.6 Å². The summed E-state index contributed by atoms with van der Waals surface area (Å²) in [6.45, 7) is 6.89. The summed E-state index contributed by atoms with van der Waals surface area (Å²) in [5.41, 5.74) is -3.01. The first-order valence-corrected chi connectivity index (χ1v) is 16.2. The number of benzene rings is 3. The molecule has 3 aromatic carbocycles. The number of nitrogens with zero attached hydrogens (tertiary/aromatic N) is 2. The smallest absolute Gasteiger partial charge is 0.335 e. The normalized spacial score (nSPS) is 12.2. The van der Waals surface area contributed by atoms with E-state index in [1.807, 2.05) is 4.72 Å². The molecule has 12 nitrogen and oxygen atoms in total. The summed E-state index contributed by atoms with van der Waals surface area (Å²) >= 11 is 0. The van der Waals surface area contributed by atoms with Crippen molar-refractivity contribution in [1.82, 2.24) is 19.8 Å². The molecule has 0 fully saturated rings. The van der Waals surface area contributed by atoms with Crippen LogP contribution in [0.1, 0.15) is 52.6 Å². The van der Waals surface area contributed by atoms with Gasteiger partial charge in [0, 0.05) is 36.0 Å². The van der Waals surface area contributed by atoms with Gasteiger partial charge >= 0.3 is 5.69 Å². The second-order valence-corrected chi connectivity index (χ2v) is 14.0. The Hall–Kier alpha value is -5.38. The summed E-state index contributed by atoms with van der Waals surface area (Å²) in [5, 5.41) is 4.98. The molecule has 3 N–H and O–H groups in total. The number of hydrogen-bond acceptors (Lipinski definition) is 7. The second-order valence-electron chi connectivity index (χ2n) is 12.3. The highest BCUT2D eigenvalue weighted by atomic mass is 32.2. The van der Waals surface area contributed by atoms with Crippen molar-refractivity contribution in [3.05, 3.63) is 122 Å². The van der Waals surface area contributed by atoms with Crippen LogP contribution in [0.4, 0.5) is 14.5 Å². The van der Waals surface area contributed by atoms with E-state index < -0.39 is 73.2 Å². The van der Waals surface area contributed by atoms with Gasteiger partial charge in [0.15, 0.2) is 7.85 Å². The van der Waals surface area contributed by atoms with Crippen LogP contribution in [0.3, 0.4) is 0 Å². The van der Waals surface area contributed by atoms with Crippen LogP contribution in [0.25, 0.3) is 5.69 Å². The molecule has 254 valence electrons. The van der Waals surface area contributed by atoms with Gasteiger partial charge in [-0.3, -0.25) is 19.1 Å². The second kappa shape index (κ2) is 14.0. The largest absolute Gasteiger partial charge is 0.347 e. The molecule has 2 radical (unpaired) electrons. The summed E-state index contributed by atoms with van der Waals surface area (Å²) in [6, 6.07) is 10.2. The number of carbonyl (C=O) groups is 3. The van der Waals surface area contributed by atoms with Crippen LogP contribution in [0.5, 0.6) is 0 Å². The lowest BCUT2D eigenvalue weighted by Gasteiger charge is -2.20. The third kappa shape index (κ3) is 8.57. The number of rotatable bonds is 10. The lowest BCUT2D eigenvalue weighted by molar-refractivity contribution is -0.113.